The highest BCUT2D eigenvalue weighted by Crippen LogP contribution is 2.18. The van der Waals surface area contributed by atoms with Crippen LogP contribution in [0.25, 0.3) is 16.8 Å². The van der Waals surface area contributed by atoms with Gasteiger partial charge < -0.3 is 9.32 Å². The van der Waals surface area contributed by atoms with E-state index in [4.69, 9.17) is 9.56 Å². The van der Waals surface area contributed by atoms with Gasteiger partial charge in [0.05, 0.1) is 22.3 Å². The predicted molar refractivity (Wildman–Crippen MR) is 117 cm³/mol. The molecule has 1 amide bonds. The van der Waals surface area contributed by atoms with Gasteiger partial charge in [0.2, 0.25) is 15.9 Å². The number of primary sulfonamides is 1. The average molecular weight is 455 g/mol. The number of hydrogen-bond acceptors (Lipinski definition) is 6. The molecule has 166 valence electrons. The van der Waals surface area contributed by atoms with Crippen LogP contribution in [0.4, 0.5) is 0 Å². The van der Waals surface area contributed by atoms with Crippen LogP contribution in [0.2, 0.25) is 0 Å². The Balaban J connectivity index is 1.42. The van der Waals surface area contributed by atoms with Gasteiger partial charge in [0, 0.05) is 44.4 Å². The van der Waals surface area contributed by atoms with E-state index in [0.717, 1.165) is 11.3 Å². The van der Waals surface area contributed by atoms with Crippen LogP contribution >= 0.6 is 0 Å². The van der Waals surface area contributed by atoms with E-state index in [1.165, 1.54) is 22.8 Å². The Kier molecular flexibility index (Phi) is 5.68. The standard InChI is InChI=1S/C21H21N5O5S/c1-24(13-15-12-23-26(14-15)16-5-3-2-4-6-16)20(27)9-10-25-18-8-7-17(32(22,29)30)11-19(18)31-21(25)28/h2-8,11-12,14H,9-10,13H2,1H3,(H2,22,29,30). The Morgan fingerprint density at radius 2 is 1.94 bits per heavy atom. The number of benzene rings is 2. The first-order valence-electron chi connectivity index (χ1n) is 9.71. The first-order chi connectivity index (χ1) is 15.2. The lowest BCUT2D eigenvalue weighted by Gasteiger charge is -2.16. The summed E-state index contributed by atoms with van der Waals surface area (Å²) in [5, 5.41) is 9.44. The van der Waals surface area contributed by atoms with E-state index in [2.05, 4.69) is 5.10 Å². The summed E-state index contributed by atoms with van der Waals surface area (Å²) in [7, 11) is -2.24. The summed E-state index contributed by atoms with van der Waals surface area (Å²) in [5.41, 5.74) is 2.27. The summed E-state index contributed by atoms with van der Waals surface area (Å²) in [6.45, 7) is 0.456. The topological polar surface area (TPSA) is 133 Å². The number of aromatic nitrogens is 3. The minimum Gasteiger partial charge on any atom is -0.408 e. The van der Waals surface area contributed by atoms with Gasteiger partial charge in [-0.2, -0.15) is 5.10 Å². The Hall–Kier alpha value is -3.70. The van der Waals surface area contributed by atoms with Gasteiger partial charge in [-0.25, -0.2) is 23.0 Å². The smallest absolute Gasteiger partial charge is 0.408 e. The molecular formula is C21H21N5O5S. The normalized spacial score (nSPS) is 11.7. The molecule has 2 N–H and O–H groups in total. The molecule has 4 aromatic rings. The third kappa shape index (κ3) is 4.48. The van der Waals surface area contributed by atoms with Crippen LogP contribution in [0.3, 0.4) is 0 Å². The molecule has 0 aliphatic carbocycles. The minimum absolute atomic E-state index is 0.0643. The zero-order valence-electron chi connectivity index (χ0n) is 17.2. The maximum Gasteiger partial charge on any atom is 0.419 e. The molecule has 0 saturated carbocycles. The van der Waals surface area contributed by atoms with Crippen molar-refractivity contribution in [3.8, 4) is 5.69 Å². The molecular weight excluding hydrogens is 434 g/mol. The molecule has 2 heterocycles. The van der Waals surface area contributed by atoms with E-state index in [9.17, 15) is 18.0 Å². The van der Waals surface area contributed by atoms with Crippen molar-refractivity contribution in [1.29, 1.82) is 0 Å². The fourth-order valence-electron chi connectivity index (χ4n) is 3.36. The molecule has 0 fully saturated rings. The van der Waals surface area contributed by atoms with Crippen LogP contribution in [-0.4, -0.2) is 40.6 Å². The summed E-state index contributed by atoms with van der Waals surface area (Å²) in [5.74, 6) is -0.842. The van der Waals surface area contributed by atoms with Gasteiger partial charge in [-0.1, -0.05) is 18.2 Å². The number of carbonyl (C=O) groups excluding carboxylic acids is 1. The van der Waals surface area contributed by atoms with Gasteiger partial charge in [-0.15, -0.1) is 0 Å². The van der Waals surface area contributed by atoms with Gasteiger partial charge in [-0.3, -0.25) is 9.36 Å². The summed E-state index contributed by atoms with van der Waals surface area (Å²) in [6.07, 6.45) is 3.62. The summed E-state index contributed by atoms with van der Waals surface area (Å²) in [6, 6.07) is 13.6. The van der Waals surface area contributed by atoms with Gasteiger partial charge >= 0.3 is 5.76 Å². The van der Waals surface area contributed by atoms with Crippen LogP contribution in [0, 0.1) is 0 Å². The third-order valence-electron chi connectivity index (χ3n) is 5.02. The quantitative estimate of drug-likeness (QED) is 0.449. The second-order valence-electron chi connectivity index (χ2n) is 7.32. The number of oxazole rings is 1. The number of hydrogen-bond donors (Lipinski definition) is 1. The fourth-order valence-corrected chi connectivity index (χ4v) is 3.89. The second-order valence-corrected chi connectivity index (χ2v) is 8.88. The van der Waals surface area contributed by atoms with Crippen molar-refractivity contribution in [3.63, 3.8) is 0 Å². The number of aryl methyl sites for hydroxylation is 1. The molecule has 2 aromatic carbocycles. The first-order valence-corrected chi connectivity index (χ1v) is 11.3. The van der Waals surface area contributed by atoms with E-state index in [1.54, 1.807) is 22.8 Å². The van der Waals surface area contributed by atoms with Crippen molar-refractivity contribution in [2.45, 2.75) is 24.4 Å². The van der Waals surface area contributed by atoms with Crippen molar-refractivity contribution in [2.75, 3.05) is 7.05 Å². The van der Waals surface area contributed by atoms with Gasteiger partial charge in [0.15, 0.2) is 5.58 Å². The molecule has 2 aromatic heterocycles. The maximum atomic E-state index is 12.6. The number of amides is 1. The number of rotatable bonds is 7. The lowest BCUT2D eigenvalue weighted by molar-refractivity contribution is -0.130. The number of nitrogens with zero attached hydrogens (tertiary/aromatic N) is 4. The molecule has 10 nitrogen and oxygen atoms in total. The predicted octanol–water partition coefficient (Wildman–Crippen LogP) is 1.48. The summed E-state index contributed by atoms with van der Waals surface area (Å²) >= 11 is 0. The minimum atomic E-state index is -3.92. The molecule has 0 unspecified atom stereocenters. The van der Waals surface area contributed by atoms with Crippen molar-refractivity contribution in [2.24, 2.45) is 5.14 Å². The molecule has 0 atom stereocenters. The van der Waals surface area contributed by atoms with E-state index in [1.807, 2.05) is 36.5 Å². The van der Waals surface area contributed by atoms with E-state index in [-0.39, 0.29) is 29.4 Å². The average Bonchev–Trinajstić information content (AvgIpc) is 3.35. The van der Waals surface area contributed by atoms with E-state index >= 15 is 0 Å². The molecule has 0 aliphatic heterocycles. The first kappa shape index (κ1) is 21.5. The third-order valence-corrected chi connectivity index (χ3v) is 5.93. The lowest BCUT2D eigenvalue weighted by atomic mass is 10.3. The molecule has 0 aliphatic rings. The highest BCUT2D eigenvalue weighted by Gasteiger charge is 2.16. The van der Waals surface area contributed by atoms with Gasteiger partial charge in [0.25, 0.3) is 0 Å². The molecule has 0 spiro atoms. The molecule has 0 radical (unpaired) electrons. The van der Waals surface area contributed by atoms with Crippen LogP contribution in [-0.2, 0) is 27.9 Å². The SMILES string of the molecule is CN(Cc1cnn(-c2ccccc2)c1)C(=O)CCn1c(=O)oc2cc(S(N)(=O)=O)ccc21. The number of para-hydroxylation sites is 1. The van der Waals surface area contributed by atoms with Crippen molar-refractivity contribution >= 4 is 27.0 Å². The van der Waals surface area contributed by atoms with Crippen molar-refractivity contribution in [1.82, 2.24) is 19.2 Å². The molecule has 32 heavy (non-hydrogen) atoms. The monoisotopic (exact) mass is 455 g/mol. The Morgan fingerprint density at radius 3 is 2.66 bits per heavy atom. The fraction of sp³-hybridized carbons (Fsp3) is 0.190. The highest BCUT2D eigenvalue weighted by atomic mass is 32.2. The summed E-state index contributed by atoms with van der Waals surface area (Å²) < 4.78 is 31.1. The number of carbonyl (C=O) groups is 1. The van der Waals surface area contributed by atoms with Crippen LogP contribution in [0.1, 0.15) is 12.0 Å². The highest BCUT2D eigenvalue weighted by molar-refractivity contribution is 7.89. The Labute approximate surface area is 183 Å². The largest absolute Gasteiger partial charge is 0.419 e. The van der Waals surface area contributed by atoms with Crippen molar-refractivity contribution < 1.29 is 17.6 Å². The van der Waals surface area contributed by atoms with Crippen LogP contribution in [0.5, 0.6) is 0 Å². The molecule has 0 saturated heterocycles. The molecule has 4 rings (SSSR count). The van der Waals surface area contributed by atoms with Gasteiger partial charge in [0.1, 0.15) is 0 Å². The number of fused-ring (bicyclic) bond motifs is 1. The van der Waals surface area contributed by atoms with E-state index < -0.39 is 15.8 Å². The van der Waals surface area contributed by atoms with Crippen LogP contribution < -0.4 is 10.9 Å². The van der Waals surface area contributed by atoms with Crippen molar-refractivity contribution in [3.05, 3.63) is 77.0 Å². The Bertz CT molecular complexity index is 1440. The maximum absolute atomic E-state index is 12.6. The van der Waals surface area contributed by atoms with Gasteiger partial charge in [-0.05, 0) is 24.3 Å². The zero-order chi connectivity index (χ0) is 22.9. The van der Waals surface area contributed by atoms with Crippen LogP contribution in [0.15, 0.2) is 75.0 Å². The number of sulfonamides is 1. The van der Waals surface area contributed by atoms with E-state index in [0.29, 0.717) is 12.1 Å². The number of nitrogens with two attached hydrogens (primary N) is 1. The molecule has 0 bridgehead atoms. The Morgan fingerprint density at radius 1 is 1.19 bits per heavy atom. The zero-order valence-corrected chi connectivity index (χ0v) is 18.0. The second kappa shape index (κ2) is 8.44. The molecule has 11 heteroatoms. The lowest BCUT2D eigenvalue weighted by Crippen LogP contribution is -2.28. The summed E-state index contributed by atoms with van der Waals surface area (Å²) in [4.78, 5) is 26.2.